The number of amides is 1. The molecule has 0 atom stereocenters. The third-order valence-corrected chi connectivity index (χ3v) is 7.17. The van der Waals surface area contributed by atoms with E-state index in [1.165, 1.54) is 20.5 Å². The predicted molar refractivity (Wildman–Crippen MR) is 128 cm³/mol. The zero-order chi connectivity index (χ0) is 22.4. The van der Waals surface area contributed by atoms with Crippen molar-refractivity contribution in [2.75, 3.05) is 11.4 Å². The van der Waals surface area contributed by atoms with Crippen molar-refractivity contribution in [3.05, 3.63) is 91.4 Å². The second-order valence-electron chi connectivity index (χ2n) is 8.14. The number of carbonyl (C=O) groups excluding carboxylic acids is 1. The standard InChI is InChI=1S/C25H23N3O3S/c1-16-7-5-11-19(17(16)2)28-24(30)23-21(12-14-32-23)27(25(28)31)15-22(29)26-13-6-9-18-8-3-4-10-20(18)26/h3-5,7-8,10-12,14H,6,9,13,15H2,1-2H3. The molecule has 0 saturated carbocycles. The molecule has 2 aromatic carbocycles. The zero-order valence-corrected chi connectivity index (χ0v) is 18.8. The Kier molecular flexibility index (Phi) is 5.06. The first-order valence-corrected chi connectivity index (χ1v) is 11.5. The minimum atomic E-state index is -0.492. The van der Waals surface area contributed by atoms with Gasteiger partial charge in [-0.1, -0.05) is 30.3 Å². The van der Waals surface area contributed by atoms with Gasteiger partial charge in [-0.05, 0) is 67.0 Å². The number of carbonyl (C=O) groups is 1. The summed E-state index contributed by atoms with van der Waals surface area (Å²) < 4.78 is 3.12. The Balaban J connectivity index is 1.65. The Labute approximate surface area is 189 Å². The summed E-state index contributed by atoms with van der Waals surface area (Å²) in [7, 11) is 0. The largest absolute Gasteiger partial charge is 0.336 e. The summed E-state index contributed by atoms with van der Waals surface area (Å²) in [5.41, 5.74) is 4.12. The smallest absolute Gasteiger partial charge is 0.311 e. The molecule has 1 aliphatic rings. The number of aryl methyl sites for hydroxylation is 2. The topological polar surface area (TPSA) is 64.3 Å². The lowest BCUT2D eigenvalue weighted by molar-refractivity contribution is -0.119. The number of fused-ring (bicyclic) bond motifs is 2. The number of hydrogen-bond acceptors (Lipinski definition) is 4. The van der Waals surface area contributed by atoms with Gasteiger partial charge in [0.05, 0.1) is 11.2 Å². The summed E-state index contributed by atoms with van der Waals surface area (Å²) in [6.45, 7) is 4.35. The number of benzene rings is 2. The Morgan fingerprint density at radius 2 is 1.78 bits per heavy atom. The molecule has 0 N–H and O–H groups in total. The fourth-order valence-corrected chi connectivity index (χ4v) is 5.27. The van der Waals surface area contributed by atoms with Crippen LogP contribution in [0, 0.1) is 13.8 Å². The predicted octanol–water partition coefficient (Wildman–Crippen LogP) is 3.81. The Bertz CT molecular complexity index is 1480. The molecule has 1 amide bonds. The van der Waals surface area contributed by atoms with Crippen LogP contribution in [0.25, 0.3) is 15.9 Å². The van der Waals surface area contributed by atoms with Crippen molar-refractivity contribution < 1.29 is 4.79 Å². The number of anilines is 1. The quantitative estimate of drug-likeness (QED) is 0.482. The van der Waals surface area contributed by atoms with E-state index >= 15 is 0 Å². The molecule has 0 unspecified atom stereocenters. The lowest BCUT2D eigenvalue weighted by Crippen LogP contribution is -2.44. The van der Waals surface area contributed by atoms with E-state index < -0.39 is 5.69 Å². The molecule has 0 fully saturated rings. The molecule has 162 valence electrons. The average molecular weight is 446 g/mol. The van der Waals surface area contributed by atoms with E-state index in [0.717, 1.165) is 35.2 Å². The summed E-state index contributed by atoms with van der Waals surface area (Å²) >= 11 is 1.29. The summed E-state index contributed by atoms with van der Waals surface area (Å²) in [4.78, 5) is 42.0. The van der Waals surface area contributed by atoms with Gasteiger partial charge in [-0.3, -0.25) is 14.2 Å². The maximum atomic E-state index is 13.6. The molecule has 6 nitrogen and oxygen atoms in total. The van der Waals surface area contributed by atoms with Gasteiger partial charge < -0.3 is 4.90 Å². The van der Waals surface area contributed by atoms with Crippen LogP contribution in [0.15, 0.2) is 63.5 Å². The summed E-state index contributed by atoms with van der Waals surface area (Å²) in [6, 6.07) is 15.2. The van der Waals surface area contributed by atoms with Crippen molar-refractivity contribution in [2.24, 2.45) is 0 Å². The fraction of sp³-hybridized carbons (Fsp3) is 0.240. The normalized spacial score (nSPS) is 13.4. The molecular formula is C25H23N3O3S. The first-order valence-electron chi connectivity index (χ1n) is 10.7. The molecule has 1 aliphatic heterocycles. The third kappa shape index (κ3) is 3.20. The van der Waals surface area contributed by atoms with E-state index in [1.54, 1.807) is 22.4 Å². The highest BCUT2D eigenvalue weighted by Gasteiger charge is 2.25. The van der Waals surface area contributed by atoms with Crippen LogP contribution in [0.4, 0.5) is 5.69 Å². The third-order valence-electron chi connectivity index (χ3n) is 6.28. The summed E-state index contributed by atoms with van der Waals surface area (Å²) in [5.74, 6) is -0.155. The minimum Gasteiger partial charge on any atom is -0.311 e. The monoisotopic (exact) mass is 445 g/mol. The van der Waals surface area contributed by atoms with E-state index in [0.29, 0.717) is 22.4 Å². The van der Waals surface area contributed by atoms with Gasteiger partial charge in [0, 0.05) is 12.2 Å². The Morgan fingerprint density at radius 1 is 1.00 bits per heavy atom. The number of nitrogens with zero attached hydrogens (tertiary/aromatic N) is 3. The van der Waals surface area contributed by atoms with E-state index in [4.69, 9.17) is 0 Å². The van der Waals surface area contributed by atoms with Crippen LogP contribution in [0.2, 0.25) is 0 Å². The number of para-hydroxylation sites is 1. The van der Waals surface area contributed by atoms with Gasteiger partial charge in [-0.25, -0.2) is 9.36 Å². The van der Waals surface area contributed by atoms with Gasteiger partial charge in [-0.2, -0.15) is 0 Å². The van der Waals surface area contributed by atoms with Crippen molar-refractivity contribution >= 4 is 33.1 Å². The van der Waals surface area contributed by atoms with Crippen LogP contribution in [-0.4, -0.2) is 21.6 Å². The van der Waals surface area contributed by atoms with Crippen molar-refractivity contribution in [2.45, 2.75) is 33.2 Å². The molecular weight excluding hydrogens is 422 g/mol. The summed E-state index contributed by atoms with van der Waals surface area (Å²) in [5, 5.41) is 1.79. The number of aromatic nitrogens is 2. The Morgan fingerprint density at radius 3 is 2.62 bits per heavy atom. The number of hydrogen-bond donors (Lipinski definition) is 0. The SMILES string of the molecule is Cc1cccc(-n2c(=O)c3sccc3n(CC(=O)N3CCCc4ccccc43)c2=O)c1C. The highest BCUT2D eigenvalue weighted by atomic mass is 32.1. The van der Waals surface area contributed by atoms with E-state index in [2.05, 4.69) is 0 Å². The molecule has 3 heterocycles. The van der Waals surface area contributed by atoms with Crippen LogP contribution in [-0.2, 0) is 17.8 Å². The highest BCUT2D eigenvalue weighted by Crippen LogP contribution is 2.27. The van der Waals surface area contributed by atoms with Crippen molar-refractivity contribution in [1.29, 1.82) is 0 Å². The molecule has 0 spiro atoms. The molecule has 32 heavy (non-hydrogen) atoms. The van der Waals surface area contributed by atoms with Crippen LogP contribution >= 0.6 is 11.3 Å². The average Bonchev–Trinajstić information content (AvgIpc) is 3.29. The maximum absolute atomic E-state index is 13.6. The second kappa shape index (κ2) is 7.91. The summed E-state index contributed by atoms with van der Waals surface area (Å²) in [6.07, 6.45) is 1.82. The van der Waals surface area contributed by atoms with Crippen molar-refractivity contribution in [3.63, 3.8) is 0 Å². The van der Waals surface area contributed by atoms with Crippen LogP contribution < -0.4 is 16.1 Å². The second-order valence-corrected chi connectivity index (χ2v) is 9.06. The molecule has 0 radical (unpaired) electrons. The molecule has 0 aliphatic carbocycles. The van der Waals surface area contributed by atoms with Crippen LogP contribution in [0.5, 0.6) is 0 Å². The van der Waals surface area contributed by atoms with Gasteiger partial charge in [0.2, 0.25) is 5.91 Å². The maximum Gasteiger partial charge on any atom is 0.336 e. The fourth-order valence-electron chi connectivity index (χ4n) is 4.44. The van der Waals surface area contributed by atoms with E-state index in [1.807, 2.05) is 50.2 Å². The number of rotatable bonds is 3. The van der Waals surface area contributed by atoms with Gasteiger partial charge in [0.25, 0.3) is 5.56 Å². The van der Waals surface area contributed by atoms with Gasteiger partial charge in [0.1, 0.15) is 11.2 Å². The first-order chi connectivity index (χ1) is 15.5. The van der Waals surface area contributed by atoms with Crippen molar-refractivity contribution in [3.8, 4) is 5.69 Å². The molecule has 5 rings (SSSR count). The lowest BCUT2D eigenvalue weighted by atomic mass is 10.0. The van der Waals surface area contributed by atoms with E-state index in [9.17, 15) is 14.4 Å². The van der Waals surface area contributed by atoms with Gasteiger partial charge in [-0.15, -0.1) is 11.3 Å². The van der Waals surface area contributed by atoms with E-state index in [-0.39, 0.29) is 18.0 Å². The lowest BCUT2D eigenvalue weighted by Gasteiger charge is -2.29. The van der Waals surface area contributed by atoms with Crippen LogP contribution in [0.3, 0.4) is 0 Å². The molecule has 7 heteroatoms. The molecule has 0 saturated heterocycles. The van der Waals surface area contributed by atoms with Gasteiger partial charge >= 0.3 is 5.69 Å². The zero-order valence-electron chi connectivity index (χ0n) is 18.0. The molecule has 4 aromatic rings. The molecule has 0 bridgehead atoms. The highest BCUT2D eigenvalue weighted by molar-refractivity contribution is 7.17. The number of thiophene rings is 1. The Hall–Kier alpha value is -3.45. The van der Waals surface area contributed by atoms with Gasteiger partial charge in [0.15, 0.2) is 0 Å². The first kappa shape index (κ1) is 20.5. The minimum absolute atomic E-state index is 0.119. The van der Waals surface area contributed by atoms with Crippen molar-refractivity contribution in [1.82, 2.24) is 9.13 Å². The van der Waals surface area contributed by atoms with Crippen LogP contribution in [0.1, 0.15) is 23.1 Å². The molecule has 2 aromatic heterocycles.